The highest BCUT2D eigenvalue weighted by molar-refractivity contribution is 5.84. The Balaban J connectivity index is 3.33. The van der Waals surface area contributed by atoms with Gasteiger partial charge in [-0.25, -0.2) is 0 Å². The Morgan fingerprint density at radius 2 is 1.23 bits per heavy atom. The van der Waals surface area contributed by atoms with Crippen molar-refractivity contribution in [2.45, 2.75) is 227 Å². The maximum atomic E-state index is 13.3. The predicted molar refractivity (Wildman–Crippen MR) is 278 cm³/mol. The molecule has 19 nitrogen and oxygen atoms in total. The van der Waals surface area contributed by atoms with Crippen LogP contribution < -0.4 is 5.32 Å². The van der Waals surface area contributed by atoms with Crippen molar-refractivity contribution in [3.63, 3.8) is 0 Å². The molecule has 0 aromatic heterocycles. The number of hydrogen-bond acceptors (Lipinski definition) is 19. The summed E-state index contributed by atoms with van der Waals surface area (Å²) in [5, 5.41) is 70.0. The second-order valence-electron chi connectivity index (χ2n) is 23.9. The van der Waals surface area contributed by atoms with Gasteiger partial charge in [-0.2, -0.15) is 0 Å². The van der Waals surface area contributed by atoms with E-state index in [9.17, 15) is 40.2 Å². The van der Waals surface area contributed by atoms with Crippen molar-refractivity contribution >= 4 is 17.7 Å². The second-order valence-corrected chi connectivity index (χ2v) is 23.9. The van der Waals surface area contributed by atoms with Gasteiger partial charge in [-0.3, -0.25) is 34.2 Å². The quantitative estimate of drug-likeness (QED) is 0.0351. The Labute approximate surface area is 428 Å². The van der Waals surface area contributed by atoms with E-state index in [4.69, 9.17) is 28.7 Å². The molecule has 1 heterocycles. The van der Waals surface area contributed by atoms with Crippen molar-refractivity contribution in [1.82, 2.24) is 24.9 Å². The molecule has 6 atom stereocenters. The molecular weight excluding hydrogens is 917 g/mol. The molecular formula is C52H104N6O13. The Kier molecular flexibility index (Phi) is 30.7. The van der Waals surface area contributed by atoms with Gasteiger partial charge in [0.25, 0.3) is 0 Å². The van der Waals surface area contributed by atoms with E-state index in [-0.39, 0.29) is 51.3 Å². The van der Waals surface area contributed by atoms with E-state index >= 15 is 0 Å². The molecule has 71 heavy (non-hydrogen) atoms. The van der Waals surface area contributed by atoms with Crippen LogP contribution in [0.5, 0.6) is 0 Å². The number of carbonyl (C=O) groups excluding carboxylic acids is 2. The van der Waals surface area contributed by atoms with E-state index in [0.717, 1.165) is 12.1 Å². The molecule has 0 aliphatic carbocycles. The van der Waals surface area contributed by atoms with Crippen molar-refractivity contribution < 1.29 is 63.9 Å². The summed E-state index contributed by atoms with van der Waals surface area (Å²) in [6.45, 7) is 31.4. The number of carbonyl (C=O) groups is 2. The molecule has 1 aliphatic heterocycles. The van der Waals surface area contributed by atoms with Crippen LogP contribution in [0.25, 0.3) is 0 Å². The third-order valence-electron chi connectivity index (χ3n) is 11.3. The smallest absolute Gasteiger partial charge is 0.320 e. The van der Waals surface area contributed by atoms with Gasteiger partial charge < -0.3 is 59.6 Å². The standard InChI is InChI=1S/C52H104N6O13/c1-48(2,3)67-34-32-57(35-44(63)68-49(4,5)6)40(38-60)20-22-42(61)56-29-24-39(19-16-17-33-59)54-27-31-55(28-18-25-53-26-30-56)43(62)23-21-41(47(66)71-52(13,14)15)58(36-45(64)69-50(7,8)9)37-46(65)70-51(10,11)12/h40-43,45,47,53,59-62,64,66H,16-38H2,1-15H3/b54-39+/t40?,41?,42?,43-,45-,47-/m1/s1. The van der Waals surface area contributed by atoms with Crippen LogP contribution in [0.3, 0.4) is 0 Å². The van der Waals surface area contributed by atoms with Gasteiger partial charge in [-0.1, -0.05) is 0 Å². The molecule has 0 aromatic carbocycles. The average Bonchev–Trinajstić information content (AvgIpc) is 3.18. The molecule has 0 radical (unpaired) electrons. The number of ether oxygens (including phenoxy) is 5. The zero-order chi connectivity index (χ0) is 54.2. The Hall–Kier alpha value is -1.95. The van der Waals surface area contributed by atoms with Gasteiger partial charge in [0.05, 0.1) is 62.2 Å². The fourth-order valence-corrected chi connectivity index (χ4v) is 8.17. The number of hydrogen-bond donors (Lipinski definition) is 7. The molecule has 0 aromatic rings. The number of esters is 2. The fourth-order valence-electron chi connectivity index (χ4n) is 8.17. The number of aliphatic hydroxyl groups excluding tert-OH is 6. The molecule has 0 fully saturated rings. The second kappa shape index (κ2) is 32.5. The predicted octanol–water partition coefficient (Wildman–Crippen LogP) is 3.87. The summed E-state index contributed by atoms with van der Waals surface area (Å²) in [5.74, 6) is -0.943. The third-order valence-corrected chi connectivity index (χ3v) is 11.3. The van der Waals surface area contributed by atoms with Crippen LogP contribution in [-0.2, 0) is 33.3 Å². The SMILES string of the molecule is CC(C)(C)OCCN(CC(=O)OC(C)(C)C)C(CO)CCC(O)N1CCNCCCN([C@H](O)CCC([C@H](O)OC(C)(C)C)N(CC(=O)OC(C)(C)C)C[C@H](O)OC(C)(C)C)CC/N=C(\CCCCO)CC1. The number of nitrogens with one attached hydrogen (secondary N) is 1. The van der Waals surface area contributed by atoms with Crippen LogP contribution in [0.2, 0.25) is 0 Å². The molecule has 0 saturated carbocycles. The summed E-state index contributed by atoms with van der Waals surface area (Å²) in [6.07, 6.45) is -0.00821. The van der Waals surface area contributed by atoms with Crippen LogP contribution >= 0.6 is 0 Å². The maximum absolute atomic E-state index is 13.3. The van der Waals surface area contributed by atoms with Crippen LogP contribution in [0, 0.1) is 0 Å². The highest BCUT2D eigenvalue weighted by Gasteiger charge is 2.36. The summed E-state index contributed by atoms with van der Waals surface area (Å²) in [5.41, 5.74) is -2.31. The Morgan fingerprint density at radius 3 is 1.76 bits per heavy atom. The lowest BCUT2D eigenvalue weighted by Crippen LogP contribution is -2.53. The van der Waals surface area contributed by atoms with Gasteiger partial charge >= 0.3 is 11.9 Å². The van der Waals surface area contributed by atoms with E-state index < -0.39 is 71.5 Å². The van der Waals surface area contributed by atoms with Gasteiger partial charge in [-0.15, -0.1) is 0 Å². The largest absolute Gasteiger partial charge is 0.459 e. The van der Waals surface area contributed by atoms with E-state index in [2.05, 4.69) is 5.32 Å². The van der Waals surface area contributed by atoms with Gasteiger partial charge in [0.1, 0.15) is 23.7 Å². The number of aliphatic imine (C=N–C) groups is 1. The van der Waals surface area contributed by atoms with Gasteiger partial charge in [0, 0.05) is 57.6 Å². The average molecular weight is 1020 g/mol. The van der Waals surface area contributed by atoms with Crippen LogP contribution in [0.1, 0.15) is 162 Å². The van der Waals surface area contributed by atoms with Crippen molar-refractivity contribution in [2.24, 2.45) is 4.99 Å². The normalized spacial score (nSPS) is 19.6. The van der Waals surface area contributed by atoms with Crippen molar-refractivity contribution in [3.05, 3.63) is 0 Å². The van der Waals surface area contributed by atoms with Crippen LogP contribution in [0.15, 0.2) is 4.99 Å². The molecule has 7 N–H and O–H groups in total. The molecule has 1 rings (SSSR count). The van der Waals surface area contributed by atoms with Crippen LogP contribution in [0.4, 0.5) is 0 Å². The van der Waals surface area contributed by atoms with Crippen molar-refractivity contribution in [1.29, 1.82) is 0 Å². The van der Waals surface area contributed by atoms with Crippen molar-refractivity contribution in [2.75, 3.05) is 91.8 Å². The highest BCUT2D eigenvalue weighted by Crippen LogP contribution is 2.23. The van der Waals surface area contributed by atoms with Crippen LogP contribution in [-0.4, -0.2) is 225 Å². The van der Waals surface area contributed by atoms with Gasteiger partial charge in [0.15, 0.2) is 12.6 Å². The minimum atomic E-state index is -1.40. The molecule has 0 spiro atoms. The summed E-state index contributed by atoms with van der Waals surface area (Å²) >= 11 is 0. The first-order chi connectivity index (χ1) is 32.7. The third kappa shape index (κ3) is 33.6. The maximum Gasteiger partial charge on any atom is 0.320 e. The molecule has 420 valence electrons. The minimum Gasteiger partial charge on any atom is -0.459 e. The number of aliphatic hydroxyl groups is 6. The summed E-state index contributed by atoms with van der Waals surface area (Å²) in [6, 6.07) is -1.26. The molecule has 0 amide bonds. The summed E-state index contributed by atoms with van der Waals surface area (Å²) in [7, 11) is 0. The number of rotatable bonds is 27. The van der Waals surface area contributed by atoms with E-state index in [1.807, 2.05) is 97.8 Å². The molecule has 1 aliphatic rings. The molecule has 0 bridgehead atoms. The number of nitrogens with zero attached hydrogens (tertiary/aromatic N) is 5. The zero-order valence-corrected chi connectivity index (χ0v) is 47.0. The first-order valence-electron chi connectivity index (χ1n) is 26.3. The lowest BCUT2D eigenvalue weighted by Gasteiger charge is -2.39. The first kappa shape index (κ1) is 67.1. The highest BCUT2D eigenvalue weighted by atomic mass is 16.6. The lowest BCUT2D eigenvalue weighted by molar-refractivity contribution is -0.217. The number of unbranched alkanes of at least 4 members (excludes halogenated alkanes) is 1. The molecule has 0 saturated heterocycles. The monoisotopic (exact) mass is 1020 g/mol. The van der Waals surface area contributed by atoms with E-state index in [1.165, 1.54) is 0 Å². The van der Waals surface area contributed by atoms with Gasteiger partial charge in [-0.05, 0) is 168 Å². The molecule has 19 heteroatoms. The van der Waals surface area contributed by atoms with Crippen molar-refractivity contribution in [3.8, 4) is 0 Å². The lowest BCUT2D eigenvalue weighted by atomic mass is 10.1. The summed E-state index contributed by atoms with van der Waals surface area (Å²) in [4.78, 5) is 38.8. The summed E-state index contributed by atoms with van der Waals surface area (Å²) < 4.78 is 29.1. The topological polar surface area (TPSA) is 239 Å². The van der Waals surface area contributed by atoms with E-state index in [0.29, 0.717) is 97.5 Å². The molecule has 3 unspecified atom stereocenters. The van der Waals surface area contributed by atoms with Gasteiger partial charge in [0.2, 0.25) is 0 Å². The zero-order valence-electron chi connectivity index (χ0n) is 47.0. The first-order valence-corrected chi connectivity index (χ1v) is 26.3. The fraction of sp³-hybridized carbons (Fsp3) is 0.942. The minimum absolute atomic E-state index is 0.0228. The Bertz CT molecular complexity index is 1490. The van der Waals surface area contributed by atoms with E-state index in [1.54, 1.807) is 25.7 Å². The Morgan fingerprint density at radius 1 is 0.662 bits per heavy atom.